The molecule has 2 nitrogen and oxygen atoms in total. The van der Waals surface area contributed by atoms with Crippen LogP contribution >= 0.6 is 0 Å². The fraction of sp³-hybridized carbons (Fsp3) is 0.583. The molecule has 1 N–H and O–H groups in total. The van der Waals surface area contributed by atoms with Crippen LogP contribution in [0.3, 0.4) is 0 Å². The molecule has 1 aliphatic rings. The van der Waals surface area contributed by atoms with E-state index in [9.17, 15) is 0 Å². The van der Waals surface area contributed by atoms with Crippen LogP contribution in [0, 0.1) is 18.8 Å². The third-order valence-corrected chi connectivity index (χ3v) is 3.20. The van der Waals surface area contributed by atoms with Gasteiger partial charge in [0, 0.05) is 17.9 Å². The van der Waals surface area contributed by atoms with E-state index in [0.717, 1.165) is 17.5 Å². The van der Waals surface area contributed by atoms with Gasteiger partial charge in [-0.2, -0.15) is 0 Å². The summed E-state index contributed by atoms with van der Waals surface area (Å²) in [5.41, 5.74) is 2.42. The van der Waals surface area contributed by atoms with Gasteiger partial charge < -0.3 is 5.32 Å². The molecule has 0 radical (unpaired) electrons. The lowest BCUT2D eigenvalue weighted by atomic mass is 10.0. The molecule has 1 heterocycles. The molecule has 1 aliphatic carbocycles. The second kappa shape index (κ2) is 3.70. The van der Waals surface area contributed by atoms with Gasteiger partial charge in [0.05, 0.1) is 0 Å². The van der Waals surface area contributed by atoms with Gasteiger partial charge in [0.2, 0.25) is 0 Å². The summed E-state index contributed by atoms with van der Waals surface area (Å²) in [6.45, 7) is 4.34. The Labute approximate surface area is 85.7 Å². The van der Waals surface area contributed by atoms with Gasteiger partial charge in [-0.3, -0.25) is 4.98 Å². The van der Waals surface area contributed by atoms with Crippen LogP contribution in [-0.2, 0) is 0 Å². The first-order chi connectivity index (χ1) is 6.72. The van der Waals surface area contributed by atoms with E-state index in [4.69, 9.17) is 0 Å². The Bertz CT molecular complexity index is 305. The van der Waals surface area contributed by atoms with Crippen molar-refractivity contribution in [3.05, 3.63) is 29.6 Å². The molecule has 1 fully saturated rings. The summed E-state index contributed by atoms with van der Waals surface area (Å²) in [5, 5.41) is 3.39. The zero-order valence-corrected chi connectivity index (χ0v) is 9.12. The van der Waals surface area contributed by atoms with Gasteiger partial charge in [0.25, 0.3) is 0 Å². The monoisotopic (exact) mass is 190 g/mol. The quantitative estimate of drug-likeness (QED) is 0.791. The summed E-state index contributed by atoms with van der Waals surface area (Å²) in [6.07, 6.45) is 3.35. The minimum atomic E-state index is 0.498. The van der Waals surface area contributed by atoms with E-state index in [-0.39, 0.29) is 0 Å². The summed E-state index contributed by atoms with van der Waals surface area (Å²) in [5.74, 6) is 1.68. The topological polar surface area (TPSA) is 24.9 Å². The fourth-order valence-electron chi connectivity index (χ4n) is 2.11. The Kier molecular flexibility index (Phi) is 2.55. The maximum absolute atomic E-state index is 4.34. The Hall–Kier alpha value is -0.890. The Morgan fingerprint density at radius 1 is 1.50 bits per heavy atom. The predicted molar refractivity (Wildman–Crippen MR) is 58.0 cm³/mol. The lowest BCUT2D eigenvalue weighted by Crippen LogP contribution is -2.19. The van der Waals surface area contributed by atoms with Crippen LogP contribution in [0.2, 0.25) is 0 Å². The van der Waals surface area contributed by atoms with Gasteiger partial charge in [-0.05, 0) is 43.9 Å². The molecule has 2 rings (SSSR count). The smallest absolute Gasteiger partial charge is 0.0372 e. The molecule has 0 bridgehead atoms. The number of nitrogens with zero attached hydrogens (tertiary/aromatic N) is 1. The van der Waals surface area contributed by atoms with Gasteiger partial charge in [0.15, 0.2) is 0 Å². The normalized spacial score (nSPS) is 27.4. The van der Waals surface area contributed by atoms with E-state index in [1.807, 2.05) is 20.2 Å². The molecule has 0 saturated heterocycles. The van der Waals surface area contributed by atoms with Gasteiger partial charge >= 0.3 is 0 Å². The van der Waals surface area contributed by atoms with Crippen LogP contribution in [0.15, 0.2) is 18.3 Å². The summed E-state index contributed by atoms with van der Waals surface area (Å²) < 4.78 is 0. The number of aryl methyl sites for hydroxylation is 1. The molecule has 14 heavy (non-hydrogen) atoms. The highest BCUT2D eigenvalue weighted by molar-refractivity contribution is 5.20. The van der Waals surface area contributed by atoms with Crippen LogP contribution in [0.4, 0.5) is 0 Å². The minimum Gasteiger partial charge on any atom is -0.313 e. The van der Waals surface area contributed by atoms with Crippen LogP contribution in [-0.4, -0.2) is 12.0 Å². The molecule has 2 heteroatoms. The van der Waals surface area contributed by atoms with E-state index < -0.39 is 0 Å². The van der Waals surface area contributed by atoms with Crippen molar-refractivity contribution < 1.29 is 0 Å². The zero-order chi connectivity index (χ0) is 10.1. The van der Waals surface area contributed by atoms with Crippen molar-refractivity contribution in [3.8, 4) is 0 Å². The molecule has 3 atom stereocenters. The lowest BCUT2D eigenvalue weighted by Gasteiger charge is -2.15. The van der Waals surface area contributed by atoms with Crippen LogP contribution in [0.5, 0.6) is 0 Å². The maximum atomic E-state index is 4.34. The number of aromatic nitrogens is 1. The van der Waals surface area contributed by atoms with E-state index >= 15 is 0 Å². The van der Waals surface area contributed by atoms with Crippen molar-refractivity contribution in [1.29, 1.82) is 0 Å². The lowest BCUT2D eigenvalue weighted by molar-refractivity contribution is 0.502. The van der Waals surface area contributed by atoms with Gasteiger partial charge in [-0.25, -0.2) is 0 Å². The molecule has 0 amide bonds. The largest absolute Gasteiger partial charge is 0.313 e. The third-order valence-electron chi connectivity index (χ3n) is 3.20. The van der Waals surface area contributed by atoms with E-state index in [1.54, 1.807) is 0 Å². The number of rotatable bonds is 3. The molecule has 0 aromatic carbocycles. The van der Waals surface area contributed by atoms with Crippen molar-refractivity contribution in [2.45, 2.75) is 26.3 Å². The fourth-order valence-corrected chi connectivity index (χ4v) is 2.11. The number of hydrogen-bond acceptors (Lipinski definition) is 2. The van der Waals surface area contributed by atoms with Crippen LogP contribution in [0.25, 0.3) is 0 Å². The molecular formula is C12H18N2. The first-order valence-corrected chi connectivity index (χ1v) is 5.32. The van der Waals surface area contributed by atoms with Gasteiger partial charge in [-0.1, -0.05) is 13.0 Å². The van der Waals surface area contributed by atoms with Crippen molar-refractivity contribution in [2.24, 2.45) is 11.8 Å². The van der Waals surface area contributed by atoms with Crippen LogP contribution < -0.4 is 5.32 Å². The molecule has 76 valence electrons. The summed E-state index contributed by atoms with van der Waals surface area (Å²) >= 11 is 0. The highest BCUT2D eigenvalue weighted by Crippen LogP contribution is 2.46. The second-order valence-corrected chi connectivity index (χ2v) is 4.38. The predicted octanol–water partition coefficient (Wildman–Crippen LogP) is 2.31. The zero-order valence-electron chi connectivity index (χ0n) is 9.12. The summed E-state index contributed by atoms with van der Waals surface area (Å²) in [7, 11) is 2.04. The van der Waals surface area contributed by atoms with Crippen molar-refractivity contribution in [1.82, 2.24) is 10.3 Å². The molecule has 0 aliphatic heterocycles. The Morgan fingerprint density at radius 2 is 2.21 bits per heavy atom. The number of nitrogens with one attached hydrogen (secondary N) is 1. The Morgan fingerprint density at radius 3 is 2.64 bits per heavy atom. The summed E-state index contributed by atoms with van der Waals surface area (Å²) in [4.78, 5) is 4.34. The average Bonchev–Trinajstić information content (AvgIpc) is 2.88. The van der Waals surface area contributed by atoms with Crippen molar-refractivity contribution in [3.63, 3.8) is 0 Å². The second-order valence-electron chi connectivity index (χ2n) is 4.38. The molecule has 3 unspecified atom stereocenters. The molecule has 1 aromatic heterocycles. The minimum absolute atomic E-state index is 0.498. The highest BCUT2D eigenvalue weighted by atomic mass is 14.9. The highest BCUT2D eigenvalue weighted by Gasteiger charge is 2.39. The van der Waals surface area contributed by atoms with E-state index in [2.05, 4.69) is 29.4 Å². The number of pyridine rings is 1. The Balaban J connectivity index is 2.15. The van der Waals surface area contributed by atoms with Crippen LogP contribution in [0.1, 0.15) is 30.6 Å². The van der Waals surface area contributed by atoms with Gasteiger partial charge in [0.1, 0.15) is 0 Å². The van der Waals surface area contributed by atoms with Gasteiger partial charge in [-0.15, -0.1) is 0 Å². The van der Waals surface area contributed by atoms with E-state index in [0.29, 0.717) is 6.04 Å². The average molecular weight is 190 g/mol. The van der Waals surface area contributed by atoms with Crippen molar-refractivity contribution in [2.75, 3.05) is 7.05 Å². The molecule has 0 spiro atoms. The molecule has 1 saturated carbocycles. The molecule has 1 aromatic rings. The first-order valence-electron chi connectivity index (χ1n) is 5.32. The SMILES string of the molecule is CNC(c1ccc(C)nc1)C1CC1C. The summed E-state index contributed by atoms with van der Waals surface area (Å²) in [6, 6.07) is 4.78. The number of hydrogen-bond donors (Lipinski definition) is 1. The first kappa shape index (κ1) is 9.66. The third kappa shape index (κ3) is 1.80. The standard InChI is InChI=1S/C12H18N2/c1-8-6-11(8)12(13-3)10-5-4-9(2)14-7-10/h4-5,7-8,11-13H,6H2,1-3H3. The molecular weight excluding hydrogens is 172 g/mol. The maximum Gasteiger partial charge on any atom is 0.0372 e. The van der Waals surface area contributed by atoms with Crippen molar-refractivity contribution >= 4 is 0 Å². The van der Waals surface area contributed by atoms with E-state index in [1.165, 1.54) is 12.0 Å².